The number of carboxylic acid groups (broad SMARTS) is 1. The van der Waals surface area contributed by atoms with E-state index < -0.39 is 11.9 Å². The number of aromatic carboxylic acids is 1. The fourth-order valence-corrected chi connectivity index (χ4v) is 0.733. The lowest BCUT2D eigenvalue weighted by Gasteiger charge is -1.99. The first-order chi connectivity index (χ1) is 6.09. The van der Waals surface area contributed by atoms with E-state index in [9.17, 15) is 9.59 Å². The van der Waals surface area contributed by atoms with Crippen molar-refractivity contribution in [1.82, 2.24) is 4.98 Å². The number of aromatic nitrogens is 1. The highest BCUT2D eigenvalue weighted by Gasteiger charge is 2.04. The minimum Gasteiger partial charge on any atom is -0.477 e. The Hall–Kier alpha value is -1.91. The molecule has 68 valence electrons. The number of rotatable bonds is 2. The Balaban J connectivity index is 2.81. The number of nitrogens with zero attached hydrogens (tertiary/aromatic N) is 1. The topological polar surface area (TPSA) is 76.5 Å². The van der Waals surface area contributed by atoms with E-state index in [0.717, 1.165) is 0 Å². The molecule has 0 spiro atoms. The predicted molar refractivity (Wildman–Crippen MR) is 42.5 cm³/mol. The summed E-state index contributed by atoms with van der Waals surface area (Å²) in [5.74, 6) is -1.35. The van der Waals surface area contributed by atoms with Crippen LogP contribution in [0.1, 0.15) is 17.4 Å². The van der Waals surface area contributed by atoms with E-state index in [4.69, 9.17) is 5.11 Å². The molecule has 1 heterocycles. The van der Waals surface area contributed by atoms with Gasteiger partial charge in [-0.1, -0.05) is 0 Å². The molecule has 0 saturated heterocycles. The first kappa shape index (κ1) is 9.18. The van der Waals surface area contributed by atoms with Crippen molar-refractivity contribution in [3.05, 3.63) is 24.0 Å². The number of esters is 1. The van der Waals surface area contributed by atoms with Crippen molar-refractivity contribution < 1.29 is 19.4 Å². The van der Waals surface area contributed by atoms with Gasteiger partial charge in [0.05, 0.1) is 6.20 Å². The first-order valence-corrected chi connectivity index (χ1v) is 3.47. The van der Waals surface area contributed by atoms with Gasteiger partial charge in [0.2, 0.25) is 0 Å². The molecule has 0 aliphatic heterocycles. The summed E-state index contributed by atoms with van der Waals surface area (Å²) in [6.07, 6.45) is 1.19. The first-order valence-electron chi connectivity index (χ1n) is 3.47. The molecule has 13 heavy (non-hydrogen) atoms. The number of carbonyl (C=O) groups excluding carboxylic acids is 1. The molecule has 5 heteroatoms. The molecule has 1 N–H and O–H groups in total. The van der Waals surface area contributed by atoms with Crippen LogP contribution in [0.25, 0.3) is 0 Å². The molecule has 0 aliphatic rings. The van der Waals surface area contributed by atoms with E-state index in [0.29, 0.717) is 0 Å². The summed E-state index contributed by atoms with van der Waals surface area (Å²) >= 11 is 0. The zero-order valence-corrected chi connectivity index (χ0v) is 6.85. The number of carboxylic acids is 1. The van der Waals surface area contributed by atoms with Gasteiger partial charge in [-0.15, -0.1) is 0 Å². The highest BCUT2D eigenvalue weighted by Crippen LogP contribution is 2.08. The van der Waals surface area contributed by atoms with Crippen LogP contribution in [0.3, 0.4) is 0 Å². The lowest BCUT2D eigenvalue weighted by atomic mass is 10.3. The predicted octanol–water partition coefficient (Wildman–Crippen LogP) is 0.705. The largest absolute Gasteiger partial charge is 0.477 e. The highest BCUT2D eigenvalue weighted by atomic mass is 16.5. The third kappa shape index (κ3) is 2.55. The van der Waals surface area contributed by atoms with Crippen LogP contribution in [-0.2, 0) is 4.79 Å². The minimum absolute atomic E-state index is 0.0871. The number of ether oxygens (including phenoxy) is 1. The lowest BCUT2D eigenvalue weighted by molar-refractivity contribution is -0.131. The minimum atomic E-state index is -1.12. The maximum Gasteiger partial charge on any atom is 0.354 e. The second-order valence-corrected chi connectivity index (χ2v) is 2.28. The van der Waals surface area contributed by atoms with E-state index in [1.165, 1.54) is 25.3 Å². The Morgan fingerprint density at radius 3 is 2.54 bits per heavy atom. The quantitative estimate of drug-likeness (QED) is 0.679. The summed E-state index contributed by atoms with van der Waals surface area (Å²) in [7, 11) is 0. The van der Waals surface area contributed by atoms with E-state index in [2.05, 4.69) is 9.72 Å². The molecule has 0 bridgehead atoms. The lowest BCUT2D eigenvalue weighted by Crippen LogP contribution is -2.04. The summed E-state index contributed by atoms with van der Waals surface area (Å²) in [5, 5.41) is 8.49. The fraction of sp³-hybridized carbons (Fsp3) is 0.125. The second-order valence-electron chi connectivity index (χ2n) is 2.28. The molecule has 1 rings (SSSR count). The third-order valence-corrected chi connectivity index (χ3v) is 1.22. The number of hydrogen-bond donors (Lipinski definition) is 1. The highest BCUT2D eigenvalue weighted by molar-refractivity contribution is 5.85. The van der Waals surface area contributed by atoms with Gasteiger partial charge in [-0.2, -0.15) is 0 Å². The van der Waals surface area contributed by atoms with E-state index >= 15 is 0 Å². The molecule has 1 aromatic heterocycles. The normalized spacial score (nSPS) is 9.31. The maximum absolute atomic E-state index is 10.5. The zero-order valence-electron chi connectivity index (χ0n) is 6.85. The molecule has 0 aliphatic carbocycles. The summed E-state index contributed by atoms with van der Waals surface area (Å²) in [6.45, 7) is 1.26. The number of carbonyl (C=O) groups is 2. The van der Waals surface area contributed by atoms with Crippen molar-refractivity contribution >= 4 is 11.9 Å². The van der Waals surface area contributed by atoms with Gasteiger partial charge in [-0.25, -0.2) is 9.78 Å². The van der Waals surface area contributed by atoms with E-state index in [-0.39, 0.29) is 11.4 Å². The van der Waals surface area contributed by atoms with Crippen LogP contribution >= 0.6 is 0 Å². The van der Waals surface area contributed by atoms with Crippen molar-refractivity contribution in [3.63, 3.8) is 0 Å². The zero-order chi connectivity index (χ0) is 9.84. The monoisotopic (exact) mass is 181 g/mol. The summed E-state index contributed by atoms with van der Waals surface area (Å²) in [6, 6.07) is 2.64. The fourth-order valence-electron chi connectivity index (χ4n) is 0.733. The number of pyridine rings is 1. The molecular formula is C8H7NO4. The Kier molecular flexibility index (Phi) is 2.59. The van der Waals surface area contributed by atoms with Crippen molar-refractivity contribution in [1.29, 1.82) is 0 Å². The second kappa shape index (κ2) is 3.66. The van der Waals surface area contributed by atoms with Gasteiger partial charge < -0.3 is 9.84 Å². The summed E-state index contributed by atoms with van der Waals surface area (Å²) < 4.78 is 4.65. The van der Waals surface area contributed by atoms with Gasteiger partial charge in [0.1, 0.15) is 11.4 Å². The van der Waals surface area contributed by atoms with Crippen LogP contribution < -0.4 is 4.74 Å². The van der Waals surface area contributed by atoms with Crippen LogP contribution in [0.5, 0.6) is 5.75 Å². The molecule has 0 saturated carbocycles. The van der Waals surface area contributed by atoms with Crippen LogP contribution in [0.2, 0.25) is 0 Å². The molecule has 0 amide bonds. The van der Waals surface area contributed by atoms with Crippen molar-refractivity contribution in [2.75, 3.05) is 0 Å². The van der Waals surface area contributed by atoms with Gasteiger partial charge in [0, 0.05) is 6.92 Å². The molecule has 5 nitrogen and oxygen atoms in total. The average molecular weight is 181 g/mol. The summed E-state index contributed by atoms with van der Waals surface area (Å²) in [5.41, 5.74) is -0.0871. The van der Waals surface area contributed by atoms with E-state index in [1.54, 1.807) is 0 Å². The van der Waals surface area contributed by atoms with Crippen LogP contribution in [0.15, 0.2) is 18.3 Å². The smallest absolute Gasteiger partial charge is 0.354 e. The Labute approximate surface area is 74.0 Å². The SMILES string of the molecule is CC(=O)Oc1ccc(C(=O)O)nc1. The molecule has 0 atom stereocenters. The number of hydrogen-bond acceptors (Lipinski definition) is 4. The van der Waals surface area contributed by atoms with Crippen LogP contribution in [0, 0.1) is 0 Å². The Bertz CT molecular complexity index is 331. The van der Waals surface area contributed by atoms with Gasteiger partial charge in [0.15, 0.2) is 0 Å². The molecule has 1 aromatic rings. The molecule has 0 aromatic carbocycles. The van der Waals surface area contributed by atoms with Gasteiger partial charge in [-0.05, 0) is 12.1 Å². The standard InChI is InChI=1S/C8H7NO4/c1-5(10)13-6-2-3-7(8(11)12)9-4-6/h2-4H,1H3,(H,11,12). The molecule has 0 unspecified atom stereocenters. The van der Waals surface area contributed by atoms with Gasteiger partial charge in [0.25, 0.3) is 0 Å². The molecule has 0 fully saturated rings. The maximum atomic E-state index is 10.5. The van der Waals surface area contributed by atoms with Crippen molar-refractivity contribution in [2.45, 2.75) is 6.92 Å². The molecular weight excluding hydrogens is 174 g/mol. The Morgan fingerprint density at radius 1 is 1.46 bits per heavy atom. The van der Waals surface area contributed by atoms with Gasteiger partial charge >= 0.3 is 11.9 Å². The van der Waals surface area contributed by atoms with Crippen molar-refractivity contribution in [2.24, 2.45) is 0 Å². The van der Waals surface area contributed by atoms with E-state index in [1.807, 2.05) is 0 Å². The Morgan fingerprint density at radius 2 is 2.15 bits per heavy atom. The van der Waals surface area contributed by atoms with Crippen LogP contribution in [0.4, 0.5) is 0 Å². The summed E-state index contributed by atoms with van der Waals surface area (Å²) in [4.78, 5) is 24.4. The molecule has 0 radical (unpaired) electrons. The van der Waals surface area contributed by atoms with Crippen molar-refractivity contribution in [3.8, 4) is 5.75 Å². The van der Waals surface area contributed by atoms with Crippen LogP contribution in [-0.4, -0.2) is 22.0 Å². The van der Waals surface area contributed by atoms with Gasteiger partial charge in [-0.3, -0.25) is 4.79 Å². The average Bonchev–Trinajstić information content (AvgIpc) is 2.04. The third-order valence-electron chi connectivity index (χ3n) is 1.22.